The SMILES string of the molecule is Cc1nc([C@@H](NC(=O)[C@@H]2COc3ccccc3C2)c2ccccc2)n[nH]1. The first-order chi connectivity index (χ1) is 12.7. The van der Waals surface area contributed by atoms with Gasteiger partial charge in [-0.2, -0.15) is 5.10 Å². The van der Waals surface area contributed by atoms with E-state index in [9.17, 15) is 4.79 Å². The Morgan fingerprint density at radius 2 is 1.96 bits per heavy atom. The maximum atomic E-state index is 12.9. The average Bonchev–Trinajstić information content (AvgIpc) is 3.12. The third-order valence-corrected chi connectivity index (χ3v) is 4.54. The van der Waals surface area contributed by atoms with Gasteiger partial charge >= 0.3 is 0 Å². The first-order valence-corrected chi connectivity index (χ1v) is 8.65. The van der Waals surface area contributed by atoms with Crippen LogP contribution in [0.3, 0.4) is 0 Å². The summed E-state index contributed by atoms with van der Waals surface area (Å²) < 4.78 is 5.76. The van der Waals surface area contributed by atoms with Crippen LogP contribution in [0, 0.1) is 12.8 Å². The van der Waals surface area contributed by atoms with Gasteiger partial charge in [0.15, 0.2) is 5.82 Å². The molecule has 6 nitrogen and oxygen atoms in total. The number of ether oxygens (including phenoxy) is 1. The molecule has 2 heterocycles. The van der Waals surface area contributed by atoms with Gasteiger partial charge in [-0.15, -0.1) is 0 Å². The van der Waals surface area contributed by atoms with Crippen LogP contribution in [0.15, 0.2) is 54.6 Å². The molecule has 2 atom stereocenters. The number of hydrogen-bond acceptors (Lipinski definition) is 4. The van der Waals surface area contributed by atoms with Crippen LogP contribution in [0.2, 0.25) is 0 Å². The Balaban J connectivity index is 1.55. The Bertz CT molecular complexity index is 907. The molecule has 132 valence electrons. The molecule has 3 aromatic rings. The number of aromatic amines is 1. The minimum absolute atomic E-state index is 0.0594. The largest absolute Gasteiger partial charge is 0.492 e. The second-order valence-electron chi connectivity index (χ2n) is 6.45. The van der Waals surface area contributed by atoms with Crippen molar-refractivity contribution in [3.63, 3.8) is 0 Å². The van der Waals surface area contributed by atoms with Gasteiger partial charge in [0.05, 0.1) is 5.92 Å². The normalized spacial score (nSPS) is 17.0. The van der Waals surface area contributed by atoms with E-state index in [1.807, 2.05) is 61.5 Å². The maximum absolute atomic E-state index is 12.9. The molecule has 2 N–H and O–H groups in total. The molecule has 0 aliphatic carbocycles. The summed E-state index contributed by atoms with van der Waals surface area (Å²) in [6.45, 7) is 2.21. The van der Waals surface area contributed by atoms with Gasteiger partial charge in [0, 0.05) is 0 Å². The summed E-state index contributed by atoms with van der Waals surface area (Å²) in [6, 6.07) is 17.2. The van der Waals surface area contributed by atoms with Crippen molar-refractivity contribution in [2.75, 3.05) is 6.61 Å². The fourth-order valence-corrected chi connectivity index (χ4v) is 3.19. The standard InChI is InChI=1S/C20H20N4O2/c1-13-21-19(24-23-13)18(14-7-3-2-4-8-14)22-20(25)16-11-15-9-5-6-10-17(15)26-12-16/h2-10,16,18H,11-12H2,1H3,(H,22,25)(H,21,23,24)/t16-,18-/m0/s1. The van der Waals surface area contributed by atoms with Crippen molar-refractivity contribution in [2.45, 2.75) is 19.4 Å². The van der Waals surface area contributed by atoms with Gasteiger partial charge in [0.25, 0.3) is 0 Å². The van der Waals surface area contributed by atoms with E-state index in [1.165, 1.54) is 0 Å². The van der Waals surface area contributed by atoms with Crippen LogP contribution in [0.25, 0.3) is 0 Å². The van der Waals surface area contributed by atoms with Crippen LogP contribution in [-0.2, 0) is 11.2 Å². The summed E-state index contributed by atoms with van der Waals surface area (Å²) in [6.07, 6.45) is 0.663. The van der Waals surface area contributed by atoms with E-state index in [1.54, 1.807) is 0 Å². The highest BCUT2D eigenvalue weighted by molar-refractivity contribution is 5.80. The number of para-hydroxylation sites is 1. The Morgan fingerprint density at radius 1 is 1.19 bits per heavy atom. The van der Waals surface area contributed by atoms with Gasteiger partial charge < -0.3 is 10.1 Å². The number of carbonyl (C=O) groups is 1. The number of amides is 1. The zero-order valence-electron chi connectivity index (χ0n) is 14.5. The number of aryl methyl sites for hydroxylation is 1. The molecule has 1 aromatic heterocycles. The summed E-state index contributed by atoms with van der Waals surface area (Å²) in [5, 5.41) is 10.2. The number of carbonyl (C=O) groups excluding carboxylic acids is 1. The van der Waals surface area contributed by atoms with Crippen molar-refractivity contribution in [1.82, 2.24) is 20.5 Å². The number of benzene rings is 2. The predicted molar refractivity (Wildman–Crippen MR) is 96.7 cm³/mol. The molecular weight excluding hydrogens is 328 g/mol. The third-order valence-electron chi connectivity index (χ3n) is 4.54. The molecule has 1 amide bonds. The molecule has 0 saturated heterocycles. The minimum Gasteiger partial charge on any atom is -0.492 e. The Morgan fingerprint density at radius 3 is 2.73 bits per heavy atom. The fourth-order valence-electron chi connectivity index (χ4n) is 3.19. The molecular formula is C20H20N4O2. The van der Waals surface area contributed by atoms with E-state index in [0.717, 1.165) is 16.9 Å². The molecule has 2 aromatic carbocycles. The monoisotopic (exact) mass is 348 g/mol. The third kappa shape index (κ3) is 3.31. The van der Waals surface area contributed by atoms with Gasteiger partial charge in [-0.3, -0.25) is 9.89 Å². The quantitative estimate of drug-likeness (QED) is 0.759. The second kappa shape index (κ2) is 7.00. The topological polar surface area (TPSA) is 79.9 Å². The lowest BCUT2D eigenvalue weighted by atomic mass is 9.95. The zero-order chi connectivity index (χ0) is 17.9. The lowest BCUT2D eigenvalue weighted by Gasteiger charge is -2.26. The summed E-state index contributed by atoms with van der Waals surface area (Å²) in [4.78, 5) is 17.3. The molecule has 1 aliphatic rings. The molecule has 4 rings (SSSR count). The maximum Gasteiger partial charge on any atom is 0.227 e. The lowest BCUT2D eigenvalue weighted by Crippen LogP contribution is -2.39. The predicted octanol–water partition coefficient (Wildman–Crippen LogP) is 2.57. The van der Waals surface area contributed by atoms with Gasteiger partial charge in [-0.05, 0) is 30.5 Å². The van der Waals surface area contributed by atoms with Crippen molar-refractivity contribution in [3.05, 3.63) is 77.4 Å². The second-order valence-corrected chi connectivity index (χ2v) is 6.45. The van der Waals surface area contributed by atoms with Gasteiger partial charge in [-0.25, -0.2) is 4.98 Å². The van der Waals surface area contributed by atoms with Crippen LogP contribution in [-0.4, -0.2) is 27.7 Å². The highest BCUT2D eigenvalue weighted by atomic mass is 16.5. The average molecular weight is 348 g/mol. The molecule has 0 saturated carbocycles. The first-order valence-electron chi connectivity index (χ1n) is 8.65. The summed E-state index contributed by atoms with van der Waals surface area (Å²) >= 11 is 0. The Kier molecular flexibility index (Phi) is 4.39. The summed E-state index contributed by atoms with van der Waals surface area (Å²) in [5.74, 6) is 1.83. The van der Waals surface area contributed by atoms with Crippen molar-refractivity contribution >= 4 is 5.91 Å². The number of nitrogens with zero attached hydrogens (tertiary/aromatic N) is 2. The van der Waals surface area contributed by atoms with Crippen LogP contribution in [0.5, 0.6) is 5.75 Å². The van der Waals surface area contributed by atoms with Crippen LogP contribution in [0.4, 0.5) is 0 Å². The zero-order valence-corrected chi connectivity index (χ0v) is 14.5. The van der Waals surface area contributed by atoms with E-state index in [0.29, 0.717) is 24.7 Å². The van der Waals surface area contributed by atoms with Crippen molar-refractivity contribution < 1.29 is 9.53 Å². The minimum atomic E-state index is -0.397. The van der Waals surface area contributed by atoms with Crippen LogP contribution < -0.4 is 10.1 Å². The Hall–Kier alpha value is -3.15. The highest BCUT2D eigenvalue weighted by Crippen LogP contribution is 2.28. The lowest BCUT2D eigenvalue weighted by molar-refractivity contribution is -0.126. The number of rotatable bonds is 4. The molecule has 26 heavy (non-hydrogen) atoms. The van der Waals surface area contributed by atoms with Crippen LogP contribution in [0.1, 0.15) is 28.8 Å². The molecule has 0 fully saturated rings. The number of aromatic nitrogens is 3. The number of nitrogens with one attached hydrogen (secondary N) is 2. The van der Waals surface area contributed by atoms with Crippen molar-refractivity contribution in [1.29, 1.82) is 0 Å². The summed E-state index contributed by atoms with van der Waals surface area (Å²) in [7, 11) is 0. The highest BCUT2D eigenvalue weighted by Gasteiger charge is 2.29. The van der Waals surface area contributed by atoms with Crippen LogP contribution >= 0.6 is 0 Å². The van der Waals surface area contributed by atoms with Gasteiger partial charge in [0.1, 0.15) is 24.2 Å². The smallest absolute Gasteiger partial charge is 0.227 e. The molecule has 0 bridgehead atoms. The van der Waals surface area contributed by atoms with E-state index in [4.69, 9.17) is 4.74 Å². The molecule has 6 heteroatoms. The van der Waals surface area contributed by atoms with E-state index < -0.39 is 6.04 Å². The van der Waals surface area contributed by atoms with Crippen molar-refractivity contribution in [3.8, 4) is 5.75 Å². The van der Waals surface area contributed by atoms with E-state index >= 15 is 0 Å². The summed E-state index contributed by atoms with van der Waals surface area (Å²) in [5.41, 5.74) is 2.00. The number of fused-ring (bicyclic) bond motifs is 1. The molecule has 0 radical (unpaired) electrons. The molecule has 1 aliphatic heterocycles. The van der Waals surface area contributed by atoms with Gasteiger partial charge in [0.2, 0.25) is 5.91 Å². The fraction of sp³-hybridized carbons (Fsp3) is 0.250. The first kappa shape index (κ1) is 16.3. The molecule has 0 unspecified atom stereocenters. The number of H-pyrrole nitrogens is 1. The number of hydrogen-bond donors (Lipinski definition) is 2. The molecule has 0 spiro atoms. The Labute approximate surface area is 151 Å². The van der Waals surface area contributed by atoms with E-state index in [2.05, 4.69) is 20.5 Å². The van der Waals surface area contributed by atoms with Crippen molar-refractivity contribution in [2.24, 2.45) is 5.92 Å². The van der Waals surface area contributed by atoms with E-state index in [-0.39, 0.29) is 11.8 Å². The van der Waals surface area contributed by atoms with Gasteiger partial charge in [-0.1, -0.05) is 48.5 Å².